The summed E-state index contributed by atoms with van der Waals surface area (Å²) in [4.78, 5) is 10.8. The van der Waals surface area contributed by atoms with Crippen molar-refractivity contribution in [1.29, 1.82) is 0 Å². The number of hydrogen-bond donors (Lipinski definition) is 0. The van der Waals surface area contributed by atoms with Gasteiger partial charge in [-0.3, -0.25) is 4.79 Å². The van der Waals surface area contributed by atoms with Crippen LogP contribution < -0.4 is 0 Å². The molecule has 0 aromatic carbocycles. The maximum atomic E-state index is 10.8. The summed E-state index contributed by atoms with van der Waals surface area (Å²) >= 11 is 0. The highest BCUT2D eigenvalue weighted by Gasteiger charge is 1.91. The van der Waals surface area contributed by atoms with Crippen LogP contribution in [-0.2, 0) is 9.53 Å². The molecule has 0 saturated heterocycles. The topological polar surface area (TPSA) is 26.3 Å². The summed E-state index contributed by atoms with van der Waals surface area (Å²) in [6.45, 7) is 4.48. The normalized spacial score (nSPS) is 10.2. The first-order chi connectivity index (χ1) is 4.81. The zero-order valence-electron chi connectivity index (χ0n) is 6.59. The van der Waals surface area contributed by atoms with Gasteiger partial charge in [0, 0.05) is 12.5 Å². The van der Waals surface area contributed by atoms with Crippen LogP contribution in [0.4, 0.5) is 0 Å². The number of hydrogen-bond acceptors (Lipinski definition) is 2. The zero-order valence-corrected chi connectivity index (χ0v) is 6.59. The van der Waals surface area contributed by atoms with Crippen molar-refractivity contribution < 1.29 is 9.53 Å². The first-order valence-corrected chi connectivity index (χ1v) is 3.62. The lowest BCUT2D eigenvalue weighted by atomic mass is 10.2. The van der Waals surface area contributed by atoms with Gasteiger partial charge in [0.15, 0.2) is 5.78 Å². The van der Waals surface area contributed by atoms with E-state index in [2.05, 4.69) is 0 Å². The van der Waals surface area contributed by atoms with E-state index in [4.69, 9.17) is 4.74 Å². The lowest BCUT2D eigenvalue weighted by molar-refractivity contribution is -0.114. The van der Waals surface area contributed by atoms with E-state index in [1.165, 1.54) is 12.3 Å². The van der Waals surface area contributed by atoms with Crippen molar-refractivity contribution >= 4 is 5.78 Å². The van der Waals surface area contributed by atoms with Crippen LogP contribution in [0.15, 0.2) is 12.3 Å². The fourth-order valence-corrected chi connectivity index (χ4v) is 0.550. The summed E-state index contributed by atoms with van der Waals surface area (Å²) in [5.74, 6) is 0.135. The second-order valence-corrected chi connectivity index (χ2v) is 1.97. The molecule has 0 unspecified atom stereocenters. The van der Waals surface area contributed by atoms with Gasteiger partial charge in [-0.05, 0) is 13.3 Å². The Morgan fingerprint density at radius 1 is 1.50 bits per heavy atom. The van der Waals surface area contributed by atoms with Crippen LogP contribution in [0, 0.1) is 0 Å². The summed E-state index contributed by atoms with van der Waals surface area (Å²) in [6.07, 6.45) is 4.45. The summed E-state index contributed by atoms with van der Waals surface area (Å²) in [5, 5.41) is 0. The average molecular weight is 142 g/mol. The van der Waals surface area contributed by atoms with E-state index in [0.717, 1.165) is 6.42 Å². The maximum Gasteiger partial charge on any atom is 0.158 e. The molecule has 0 N–H and O–H groups in total. The lowest BCUT2D eigenvalue weighted by Gasteiger charge is -1.91. The number of carbonyl (C=O) groups excluding carboxylic acids is 1. The Bertz CT molecular complexity index is 116. The molecular weight excluding hydrogens is 128 g/mol. The summed E-state index contributed by atoms with van der Waals surface area (Å²) < 4.78 is 4.85. The van der Waals surface area contributed by atoms with Crippen molar-refractivity contribution in [3.05, 3.63) is 12.3 Å². The number of ketones is 1. The Kier molecular flexibility index (Phi) is 5.83. The SMILES string of the molecule is CCCC(=O)/C=C/OCC. The summed E-state index contributed by atoms with van der Waals surface area (Å²) in [5.41, 5.74) is 0. The molecule has 0 aliphatic heterocycles. The van der Waals surface area contributed by atoms with Crippen LogP contribution in [-0.4, -0.2) is 12.4 Å². The molecule has 0 atom stereocenters. The van der Waals surface area contributed by atoms with Crippen LogP contribution >= 0.6 is 0 Å². The van der Waals surface area contributed by atoms with E-state index in [9.17, 15) is 4.79 Å². The third kappa shape index (κ3) is 5.35. The highest BCUT2D eigenvalue weighted by atomic mass is 16.5. The Morgan fingerprint density at radius 2 is 2.20 bits per heavy atom. The van der Waals surface area contributed by atoms with Crippen LogP contribution in [0.5, 0.6) is 0 Å². The molecule has 2 nitrogen and oxygen atoms in total. The maximum absolute atomic E-state index is 10.8. The van der Waals surface area contributed by atoms with Crippen molar-refractivity contribution in [2.24, 2.45) is 0 Å². The van der Waals surface area contributed by atoms with Gasteiger partial charge in [0.1, 0.15) is 0 Å². The molecule has 0 spiro atoms. The van der Waals surface area contributed by atoms with Crippen LogP contribution in [0.1, 0.15) is 26.7 Å². The molecule has 0 radical (unpaired) electrons. The molecule has 0 aliphatic carbocycles. The number of rotatable bonds is 5. The fraction of sp³-hybridized carbons (Fsp3) is 0.625. The Hall–Kier alpha value is -0.790. The van der Waals surface area contributed by atoms with Crippen molar-refractivity contribution in [1.82, 2.24) is 0 Å². The van der Waals surface area contributed by atoms with E-state index in [1.54, 1.807) is 0 Å². The molecule has 10 heavy (non-hydrogen) atoms. The zero-order chi connectivity index (χ0) is 7.82. The second-order valence-electron chi connectivity index (χ2n) is 1.97. The molecule has 0 fully saturated rings. The number of carbonyl (C=O) groups is 1. The largest absolute Gasteiger partial charge is 0.501 e. The first-order valence-electron chi connectivity index (χ1n) is 3.62. The van der Waals surface area contributed by atoms with Gasteiger partial charge in [-0.2, -0.15) is 0 Å². The van der Waals surface area contributed by atoms with Crippen molar-refractivity contribution in [2.45, 2.75) is 26.7 Å². The fourth-order valence-electron chi connectivity index (χ4n) is 0.550. The molecule has 0 aliphatic rings. The minimum atomic E-state index is 0.135. The quantitative estimate of drug-likeness (QED) is 0.433. The van der Waals surface area contributed by atoms with Gasteiger partial charge in [-0.15, -0.1) is 0 Å². The predicted octanol–water partition coefficient (Wildman–Crippen LogP) is 1.91. The van der Waals surface area contributed by atoms with Crippen LogP contribution in [0.2, 0.25) is 0 Å². The minimum absolute atomic E-state index is 0.135. The molecule has 0 aromatic heterocycles. The molecule has 0 rings (SSSR count). The van der Waals surface area contributed by atoms with Gasteiger partial charge in [0.25, 0.3) is 0 Å². The van der Waals surface area contributed by atoms with Crippen LogP contribution in [0.3, 0.4) is 0 Å². The standard InChI is InChI=1S/C8H14O2/c1-3-5-8(9)6-7-10-4-2/h6-7H,3-5H2,1-2H3/b7-6+. The van der Waals surface area contributed by atoms with E-state index >= 15 is 0 Å². The highest BCUT2D eigenvalue weighted by molar-refractivity contribution is 5.89. The average Bonchev–Trinajstić information content (AvgIpc) is 1.89. The van der Waals surface area contributed by atoms with E-state index < -0.39 is 0 Å². The van der Waals surface area contributed by atoms with Gasteiger partial charge in [-0.1, -0.05) is 6.92 Å². The predicted molar refractivity (Wildman–Crippen MR) is 40.7 cm³/mol. The van der Waals surface area contributed by atoms with Crippen molar-refractivity contribution in [3.63, 3.8) is 0 Å². The number of ether oxygens (including phenoxy) is 1. The van der Waals surface area contributed by atoms with E-state index in [0.29, 0.717) is 13.0 Å². The smallest absolute Gasteiger partial charge is 0.158 e. The molecule has 0 heterocycles. The molecule has 0 saturated carbocycles. The van der Waals surface area contributed by atoms with E-state index in [1.807, 2.05) is 13.8 Å². The van der Waals surface area contributed by atoms with Crippen molar-refractivity contribution in [3.8, 4) is 0 Å². The third-order valence-corrected chi connectivity index (χ3v) is 1.01. The molecule has 58 valence electrons. The van der Waals surface area contributed by atoms with Gasteiger partial charge in [-0.25, -0.2) is 0 Å². The van der Waals surface area contributed by atoms with Crippen molar-refractivity contribution in [2.75, 3.05) is 6.61 Å². The Labute approximate surface area is 61.9 Å². The minimum Gasteiger partial charge on any atom is -0.501 e. The molecule has 0 amide bonds. The Balaban J connectivity index is 3.36. The molecule has 0 bridgehead atoms. The second kappa shape index (κ2) is 6.33. The lowest BCUT2D eigenvalue weighted by Crippen LogP contribution is -1.90. The van der Waals surface area contributed by atoms with Gasteiger partial charge in [0.05, 0.1) is 12.9 Å². The first kappa shape index (κ1) is 9.21. The van der Waals surface area contributed by atoms with Gasteiger partial charge >= 0.3 is 0 Å². The monoisotopic (exact) mass is 142 g/mol. The Morgan fingerprint density at radius 3 is 2.70 bits per heavy atom. The van der Waals surface area contributed by atoms with Gasteiger partial charge in [0.2, 0.25) is 0 Å². The molecule has 2 heteroatoms. The summed E-state index contributed by atoms with van der Waals surface area (Å²) in [7, 11) is 0. The van der Waals surface area contributed by atoms with Gasteiger partial charge < -0.3 is 4.74 Å². The number of allylic oxidation sites excluding steroid dienone is 1. The molecular formula is C8H14O2. The highest BCUT2D eigenvalue weighted by Crippen LogP contribution is 1.90. The van der Waals surface area contributed by atoms with E-state index in [-0.39, 0.29) is 5.78 Å². The third-order valence-electron chi connectivity index (χ3n) is 1.01. The van der Waals surface area contributed by atoms with Crippen LogP contribution in [0.25, 0.3) is 0 Å². The summed E-state index contributed by atoms with van der Waals surface area (Å²) in [6, 6.07) is 0. The molecule has 0 aromatic rings.